The maximum Gasteiger partial charge on any atom is 0.315 e. The van der Waals surface area contributed by atoms with Gasteiger partial charge in [-0.25, -0.2) is 4.79 Å². The van der Waals surface area contributed by atoms with Crippen molar-refractivity contribution in [3.8, 4) is 0 Å². The third-order valence-electron chi connectivity index (χ3n) is 9.93. The summed E-state index contributed by atoms with van der Waals surface area (Å²) in [4.78, 5) is 43.3. The van der Waals surface area contributed by atoms with E-state index in [1.54, 1.807) is 26.1 Å². The van der Waals surface area contributed by atoms with Crippen LogP contribution in [-0.4, -0.2) is 58.5 Å². The van der Waals surface area contributed by atoms with Gasteiger partial charge in [0, 0.05) is 40.9 Å². The van der Waals surface area contributed by atoms with E-state index < -0.39 is 29.2 Å². The minimum absolute atomic E-state index is 0.123. The molecule has 5 unspecified atom stereocenters. The molecule has 1 aliphatic carbocycles. The van der Waals surface area contributed by atoms with Crippen LogP contribution >= 0.6 is 0 Å². The Bertz CT molecular complexity index is 1110. The molecule has 9 heteroatoms. The van der Waals surface area contributed by atoms with Crippen LogP contribution in [-0.2, 0) is 14.3 Å². The molecule has 4 N–H and O–H groups in total. The lowest BCUT2D eigenvalue weighted by molar-refractivity contribution is -0.298. The summed E-state index contributed by atoms with van der Waals surface area (Å²) in [6.45, 7) is 14.6. The Morgan fingerprint density at radius 2 is 1.67 bits per heavy atom. The molecule has 5 atom stereocenters. The maximum absolute atomic E-state index is 14.1. The number of ketones is 1. The van der Waals surface area contributed by atoms with Gasteiger partial charge < -0.3 is 30.2 Å². The van der Waals surface area contributed by atoms with E-state index in [1.807, 2.05) is 13.8 Å². The molecule has 1 aromatic rings. The van der Waals surface area contributed by atoms with Crippen LogP contribution in [0.3, 0.4) is 0 Å². The van der Waals surface area contributed by atoms with Gasteiger partial charge in [0.1, 0.15) is 6.10 Å². The molecular weight excluding hydrogens is 582 g/mol. The number of aromatic nitrogens is 1. The number of aliphatic carboxylic acids is 1. The number of urea groups is 1. The highest BCUT2D eigenvalue weighted by atomic mass is 16.7. The lowest BCUT2D eigenvalue weighted by Crippen LogP contribution is -2.53. The number of carbonyl (C=O) groups is 3. The largest absolute Gasteiger partial charge is 0.481 e. The van der Waals surface area contributed by atoms with Gasteiger partial charge in [0.2, 0.25) is 0 Å². The number of H-pyrrole nitrogens is 1. The van der Waals surface area contributed by atoms with Gasteiger partial charge >= 0.3 is 12.0 Å². The van der Waals surface area contributed by atoms with E-state index >= 15 is 0 Å². The molecule has 2 heterocycles. The van der Waals surface area contributed by atoms with Gasteiger partial charge in [0.25, 0.3) is 0 Å². The Kier molecular flexibility index (Phi) is 14.6. The monoisotopic (exact) mass is 645 g/mol. The van der Waals surface area contributed by atoms with Gasteiger partial charge in [-0.2, -0.15) is 0 Å². The third-order valence-corrected chi connectivity index (χ3v) is 9.93. The van der Waals surface area contributed by atoms with E-state index in [4.69, 9.17) is 9.47 Å². The zero-order valence-corrected chi connectivity index (χ0v) is 29.7. The van der Waals surface area contributed by atoms with Gasteiger partial charge in [-0.1, -0.05) is 92.4 Å². The normalized spacial score (nSPS) is 24.1. The molecule has 1 aliphatic heterocycles. The summed E-state index contributed by atoms with van der Waals surface area (Å²) in [5, 5.41) is 16.7. The second-order valence-corrected chi connectivity index (χ2v) is 15.4. The van der Waals surface area contributed by atoms with E-state index in [2.05, 4.69) is 36.4 Å². The highest BCUT2D eigenvalue weighted by molar-refractivity contribution is 6.01. The van der Waals surface area contributed by atoms with Crippen molar-refractivity contribution in [3.05, 3.63) is 23.5 Å². The molecule has 1 saturated heterocycles. The van der Waals surface area contributed by atoms with Crippen molar-refractivity contribution < 1.29 is 29.0 Å². The van der Waals surface area contributed by atoms with Gasteiger partial charge in [0.15, 0.2) is 11.6 Å². The van der Waals surface area contributed by atoms with Crippen molar-refractivity contribution in [2.24, 2.45) is 17.3 Å². The summed E-state index contributed by atoms with van der Waals surface area (Å²) in [5.74, 6) is -1.93. The highest BCUT2D eigenvalue weighted by Gasteiger charge is 2.47. The molecule has 2 aliphatic rings. The number of carboxylic acid groups (broad SMARTS) is 1. The van der Waals surface area contributed by atoms with Gasteiger partial charge in [0.05, 0.1) is 13.0 Å². The Morgan fingerprint density at radius 3 is 2.35 bits per heavy atom. The Hall–Kier alpha value is -2.39. The fourth-order valence-corrected chi connectivity index (χ4v) is 7.29. The number of carboxylic acids is 1. The van der Waals surface area contributed by atoms with Crippen LogP contribution in [0.5, 0.6) is 0 Å². The quantitative estimate of drug-likeness (QED) is 0.0765. The highest BCUT2D eigenvalue weighted by Crippen LogP contribution is 2.41. The number of unbranched alkanes of at least 4 members (excludes halogenated alkanes) is 3. The second kappa shape index (κ2) is 17.7. The summed E-state index contributed by atoms with van der Waals surface area (Å²) in [6.07, 6.45) is 14.1. The first-order valence-electron chi connectivity index (χ1n) is 18.1. The second-order valence-electron chi connectivity index (χ2n) is 15.4. The van der Waals surface area contributed by atoms with Gasteiger partial charge in [-0.3, -0.25) is 9.59 Å². The van der Waals surface area contributed by atoms with Crippen molar-refractivity contribution in [2.45, 2.75) is 168 Å². The van der Waals surface area contributed by atoms with E-state index in [-0.39, 0.29) is 36.2 Å². The average Bonchev–Trinajstić information content (AvgIpc) is 3.35. The van der Waals surface area contributed by atoms with E-state index in [0.717, 1.165) is 77.0 Å². The molecule has 0 aromatic carbocycles. The summed E-state index contributed by atoms with van der Waals surface area (Å²) < 4.78 is 12.0. The molecule has 46 heavy (non-hydrogen) atoms. The molecule has 2 fully saturated rings. The fourth-order valence-electron chi connectivity index (χ4n) is 7.29. The number of hydrogen-bond donors (Lipinski definition) is 4. The number of nitrogens with one attached hydrogen (secondary N) is 3. The van der Waals surface area contributed by atoms with Crippen LogP contribution in [0, 0.1) is 17.3 Å². The lowest BCUT2D eigenvalue weighted by Gasteiger charge is -2.45. The first-order chi connectivity index (χ1) is 21.7. The third kappa shape index (κ3) is 11.4. The molecule has 262 valence electrons. The number of Topliss-reactive ketones (excluding diaryl/α,β-unsaturated/α-hetero) is 1. The lowest BCUT2D eigenvalue weighted by atomic mass is 9.76. The summed E-state index contributed by atoms with van der Waals surface area (Å²) in [5.41, 5.74) is 0.529. The number of ether oxygens (including phenoxy) is 2. The van der Waals surface area contributed by atoms with E-state index in [9.17, 15) is 19.5 Å². The molecular formula is C37H63N3O6. The maximum atomic E-state index is 14.1. The van der Waals surface area contributed by atoms with E-state index in [1.165, 1.54) is 6.42 Å². The first kappa shape index (κ1) is 38.1. The predicted octanol–water partition coefficient (Wildman–Crippen LogP) is 8.35. The fraction of sp³-hybridized carbons (Fsp3) is 0.811. The SMILES string of the molecule is CCCCCC(CCCCC(C)C)NC(=O)NC1CCCCCC1C(CC(=O)O)c1[nH]ccc1C(=O)C1OC(C)(C)OCC1(C)C. The number of rotatable bonds is 17. The van der Waals surface area contributed by atoms with Gasteiger partial charge in [-0.05, 0) is 57.4 Å². The van der Waals surface area contributed by atoms with Crippen LogP contribution in [0.4, 0.5) is 4.79 Å². The van der Waals surface area contributed by atoms with Crippen molar-refractivity contribution in [1.29, 1.82) is 0 Å². The first-order valence-corrected chi connectivity index (χ1v) is 18.1. The van der Waals surface area contributed by atoms with Crippen LogP contribution in [0.25, 0.3) is 0 Å². The molecule has 1 aromatic heterocycles. The minimum atomic E-state index is -0.924. The predicted molar refractivity (Wildman–Crippen MR) is 182 cm³/mol. The van der Waals surface area contributed by atoms with E-state index in [0.29, 0.717) is 23.8 Å². The molecule has 0 spiro atoms. The zero-order chi connectivity index (χ0) is 33.9. The van der Waals surface area contributed by atoms with Crippen molar-refractivity contribution >= 4 is 17.8 Å². The standard InChI is InChI=1S/C37H63N3O6/c1-8-9-11-17-26(18-15-14-16-25(2)3)39-35(44)40-30-20-13-10-12-19-27(30)29(23-31(41)42)32-28(21-22-38-32)33(43)34-36(4,5)24-45-37(6,7)46-34/h21-22,25-27,29-30,34,38H,8-20,23-24H2,1-7H3,(H,41,42)(H2,39,40,44). The van der Waals surface area contributed by atoms with Crippen molar-refractivity contribution in [3.63, 3.8) is 0 Å². The summed E-state index contributed by atoms with van der Waals surface area (Å²) >= 11 is 0. The number of amides is 2. The van der Waals surface area contributed by atoms with Crippen LogP contribution in [0.1, 0.15) is 160 Å². The van der Waals surface area contributed by atoms with Gasteiger partial charge in [-0.15, -0.1) is 0 Å². The molecule has 9 nitrogen and oxygen atoms in total. The molecule has 0 radical (unpaired) electrons. The zero-order valence-electron chi connectivity index (χ0n) is 29.7. The minimum Gasteiger partial charge on any atom is -0.481 e. The smallest absolute Gasteiger partial charge is 0.315 e. The number of carbonyl (C=O) groups excluding carboxylic acids is 2. The Morgan fingerprint density at radius 1 is 1.00 bits per heavy atom. The molecule has 1 saturated carbocycles. The molecule has 0 bridgehead atoms. The topological polar surface area (TPSA) is 130 Å². The van der Waals surface area contributed by atoms with Crippen LogP contribution < -0.4 is 10.6 Å². The molecule has 2 amide bonds. The number of hydrogen-bond acceptors (Lipinski definition) is 5. The van der Waals surface area contributed by atoms with Crippen molar-refractivity contribution in [1.82, 2.24) is 15.6 Å². The average molecular weight is 646 g/mol. The Balaban J connectivity index is 1.83. The number of aromatic amines is 1. The van der Waals surface area contributed by atoms with Crippen LogP contribution in [0.2, 0.25) is 0 Å². The summed E-state index contributed by atoms with van der Waals surface area (Å²) in [6, 6.07) is 1.50. The summed E-state index contributed by atoms with van der Waals surface area (Å²) in [7, 11) is 0. The Labute approximate surface area is 277 Å². The molecule has 3 rings (SSSR count). The van der Waals surface area contributed by atoms with Crippen LogP contribution in [0.15, 0.2) is 12.3 Å². The van der Waals surface area contributed by atoms with Crippen molar-refractivity contribution in [2.75, 3.05) is 6.61 Å².